The zero-order valence-electron chi connectivity index (χ0n) is 8.99. The van der Waals surface area contributed by atoms with Crippen LogP contribution in [0.1, 0.15) is 32.1 Å². The first-order chi connectivity index (χ1) is 7.15. The van der Waals surface area contributed by atoms with E-state index in [9.17, 15) is 9.59 Å². The fourth-order valence-corrected chi connectivity index (χ4v) is 1.89. The van der Waals surface area contributed by atoms with Crippen LogP contribution < -0.4 is 11.1 Å². The van der Waals surface area contributed by atoms with Crippen LogP contribution in [-0.4, -0.2) is 31.1 Å². The Morgan fingerprint density at radius 3 is 2.40 bits per heavy atom. The average molecular weight is 214 g/mol. The molecule has 1 amide bonds. The third-order valence-corrected chi connectivity index (χ3v) is 2.73. The SMILES string of the molecule is COC(=O)C(NC1CCCCC1)C(N)=O. The maximum Gasteiger partial charge on any atom is 0.332 e. The van der Waals surface area contributed by atoms with Gasteiger partial charge >= 0.3 is 5.97 Å². The Bertz CT molecular complexity index is 237. The highest BCUT2D eigenvalue weighted by Crippen LogP contribution is 2.17. The van der Waals surface area contributed by atoms with Crippen LogP contribution in [0.5, 0.6) is 0 Å². The Morgan fingerprint density at radius 1 is 1.33 bits per heavy atom. The number of carbonyl (C=O) groups excluding carboxylic acids is 2. The number of nitrogens with one attached hydrogen (secondary N) is 1. The lowest BCUT2D eigenvalue weighted by Crippen LogP contribution is -2.52. The molecule has 5 heteroatoms. The zero-order valence-corrected chi connectivity index (χ0v) is 8.99. The summed E-state index contributed by atoms with van der Waals surface area (Å²) < 4.78 is 4.51. The summed E-state index contributed by atoms with van der Waals surface area (Å²) in [6.07, 6.45) is 5.45. The first kappa shape index (κ1) is 12.0. The molecule has 86 valence electrons. The second-order valence-electron chi connectivity index (χ2n) is 3.86. The molecule has 5 nitrogen and oxygen atoms in total. The molecule has 0 saturated heterocycles. The van der Waals surface area contributed by atoms with E-state index in [0.29, 0.717) is 0 Å². The van der Waals surface area contributed by atoms with Crippen LogP contribution in [0.2, 0.25) is 0 Å². The quantitative estimate of drug-likeness (QED) is 0.507. The van der Waals surface area contributed by atoms with Crippen molar-refractivity contribution in [3.8, 4) is 0 Å². The largest absolute Gasteiger partial charge is 0.467 e. The maximum atomic E-state index is 11.2. The number of carbonyl (C=O) groups is 2. The van der Waals surface area contributed by atoms with Gasteiger partial charge in [0.25, 0.3) is 0 Å². The van der Waals surface area contributed by atoms with Gasteiger partial charge in [-0.15, -0.1) is 0 Å². The van der Waals surface area contributed by atoms with Crippen LogP contribution in [0.25, 0.3) is 0 Å². The van der Waals surface area contributed by atoms with Crippen LogP contribution >= 0.6 is 0 Å². The van der Waals surface area contributed by atoms with Crippen molar-refractivity contribution in [2.45, 2.75) is 44.2 Å². The van der Waals surface area contributed by atoms with Crippen LogP contribution in [0, 0.1) is 0 Å². The molecule has 0 bridgehead atoms. The minimum absolute atomic E-state index is 0.204. The summed E-state index contributed by atoms with van der Waals surface area (Å²) in [6.45, 7) is 0. The highest BCUT2D eigenvalue weighted by molar-refractivity contribution is 6.01. The van der Waals surface area contributed by atoms with Gasteiger partial charge in [-0.05, 0) is 12.8 Å². The molecule has 1 saturated carbocycles. The summed E-state index contributed by atoms with van der Waals surface area (Å²) in [4.78, 5) is 22.3. The summed E-state index contributed by atoms with van der Waals surface area (Å²) >= 11 is 0. The Morgan fingerprint density at radius 2 is 1.93 bits per heavy atom. The highest BCUT2D eigenvalue weighted by atomic mass is 16.5. The Hall–Kier alpha value is -1.10. The molecule has 0 aliphatic heterocycles. The monoisotopic (exact) mass is 214 g/mol. The average Bonchev–Trinajstić information content (AvgIpc) is 2.26. The lowest BCUT2D eigenvalue weighted by atomic mass is 9.95. The summed E-state index contributed by atoms with van der Waals surface area (Å²) in [7, 11) is 1.25. The van der Waals surface area contributed by atoms with E-state index in [2.05, 4.69) is 10.1 Å². The van der Waals surface area contributed by atoms with E-state index >= 15 is 0 Å². The molecule has 1 aliphatic rings. The summed E-state index contributed by atoms with van der Waals surface area (Å²) in [6, 6.07) is -0.798. The molecule has 1 unspecified atom stereocenters. The van der Waals surface area contributed by atoms with Crippen molar-refractivity contribution in [2.24, 2.45) is 5.73 Å². The lowest BCUT2D eigenvalue weighted by molar-refractivity contribution is -0.146. The molecular formula is C10H18N2O3. The van der Waals surface area contributed by atoms with Crippen molar-refractivity contribution in [1.82, 2.24) is 5.32 Å². The molecule has 0 spiro atoms. The molecule has 0 aromatic heterocycles. The molecule has 1 rings (SSSR count). The van der Waals surface area contributed by atoms with Gasteiger partial charge in [0, 0.05) is 6.04 Å². The molecule has 1 atom stereocenters. The van der Waals surface area contributed by atoms with Crippen molar-refractivity contribution in [3.05, 3.63) is 0 Å². The molecule has 1 aliphatic carbocycles. The number of ether oxygens (including phenoxy) is 1. The van der Waals surface area contributed by atoms with E-state index in [1.165, 1.54) is 13.5 Å². The van der Waals surface area contributed by atoms with Gasteiger partial charge in [-0.2, -0.15) is 0 Å². The first-order valence-electron chi connectivity index (χ1n) is 5.28. The normalized spacial score (nSPS) is 19.5. The highest BCUT2D eigenvalue weighted by Gasteiger charge is 2.28. The van der Waals surface area contributed by atoms with Gasteiger partial charge in [0.15, 0.2) is 6.04 Å². The van der Waals surface area contributed by atoms with Crippen LogP contribution in [-0.2, 0) is 14.3 Å². The van der Waals surface area contributed by atoms with Crippen molar-refractivity contribution >= 4 is 11.9 Å². The topological polar surface area (TPSA) is 81.4 Å². The van der Waals surface area contributed by atoms with Crippen molar-refractivity contribution < 1.29 is 14.3 Å². The van der Waals surface area contributed by atoms with Crippen molar-refractivity contribution in [1.29, 1.82) is 0 Å². The minimum atomic E-state index is -1.00. The van der Waals surface area contributed by atoms with Gasteiger partial charge in [0.1, 0.15) is 0 Å². The van der Waals surface area contributed by atoms with E-state index in [0.717, 1.165) is 25.7 Å². The minimum Gasteiger partial charge on any atom is -0.467 e. The van der Waals surface area contributed by atoms with Crippen LogP contribution in [0.4, 0.5) is 0 Å². The number of primary amides is 1. The second-order valence-corrected chi connectivity index (χ2v) is 3.86. The van der Waals surface area contributed by atoms with Crippen molar-refractivity contribution in [3.63, 3.8) is 0 Å². The molecule has 1 fully saturated rings. The summed E-state index contributed by atoms with van der Waals surface area (Å²) in [5, 5.41) is 2.96. The van der Waals surface area contributed by atoms with Crippen molar-refractivity contribution in [2.75, 3.05) is 7.11 Å². The summed E-state index contributed by atoms with van der Waals surface area (Å²) in [5.41, 5.74) is 5.13. The van der Waals surface area contributed by atoms with Gasteiger partial charge in [0.05, 0.1) is 7.11 Å². The number of hydrogen-bond acceptors (Lipinski definition) is 4. The fraction of sp³-hybridized carbons (Fsp3) is 0.800. The third-order valence-electron chi connectivity index (χ3n) is 2.73. The van der Waals surface area contributed by atoms with E-state index in [1.54, 1.807) is 0 Å². The fourth-order valence-electron chi connectivity index (χ4n) is 1.89. The summed E-state index contributed by atoms with van der Waals surface area (Å²) in [5.74, 6) is -1.28. The third kappa shape index (κ3) is 3.51. The number of hydrogen-bond donors (Lipinski definition) is 2. The number of methoxy groups -OCH3 is 1. The molecule has 0 radical (unpaired) electrons. The standard InChI is InChI=1S/C10H18N2O3/c1-15-10(14)8(9(11)13)12-7-5-3-2-4-6-7/h7-8,12H,2-6H2,1H3,(H2,11,13). The molecule has 3 N–H and O–H groups in total. The second kappa shape index (κ2) is 5.70. The van der Waals surface area contributed by atoms with Crippen LogP contribution in [0.3, 0.4) is 0 Å². The maximum absolute atomic E-state index is 11.2. The van der Waals surface area contributed by atoms with E-state index in [-0.39, 0.29) is 6.04 Å². The van der Waals surface area contributed by atoms with Gasteiger partial charge in [-0.25, -0.2) is 4.79 Å². The van der Waals surface area contributed by atoms with Gasteiger partial charge in [0.2, 0.25) is 5.91 Å². The smallest absolute Gasteiger partial charge is 0.332 e. The molecule has 0 heterocycles. The van der Waals surface area contributed by atoms with Gasteiger partial charge in [-0.3, -0.25) is 10.1 Å². The number of amides is 1. The molecular weight excluding hydrogens is 196 g/mol. The first-order valence-corrected chi connectivity index (χ1v) is 5.28. The zero-order chi connectivity index (χ0) is 11.3. The Balaban J connectivity index is 2.49. The van der Waals surface area contributed by atoms with E-state index < -0.39 is 17.9 Å². The molecule has 0 aromatic carbocycles. The molecule has 15 heavy (non-hydrogen) atoms. The van der Waals surface area contributed by atoms with Gasteiger partial charge in [-0.1, -0.05) is 19.3 Å². The lowest BCUT2D eigenvalue weighted by Gasteiger charge is -2.25. The predicted octanol–water partition coefficient (Wildman–Crippen LogP) is -0.0644. The van der Waals surface area contributed by atoms with Gasteiger partial charge < -0.3 is 10.5 Å². The van der Waals surface area contributed by atoms with E-state index in [1.807, 2.05) is 0 Å². The Kier molecular flexibility index (Phi) is 4.55. The molecule has 0 aromatic rings. The van der Waals surface area contributed by atoms with E-state index in [4.69, 9.17) is 5.73 Å². The predicted molar refractivity (Wildman–Crippen MR) is 55.0 cm³/mol. The number of rotatable bonds is 4. The number of nitrogens with two attached hydrogens (primary N) is 1. The number of esters is 1. The Labute approximate surface area is 89.3 Å². The van der Waals surface area contributed by atoms with Crippen LogP contribution in [0.15, 0.2) is 0 Å².